The Bertz CT molecular complexity index is 1290. The van der Waals surface area contributed by atoms with E-state index in [1.165, 1.54) is 0 Å². The van der Waals surface area contributed by atoms with Crippen LogP contribution in [0.5, 0.6) is 11.5 Å². The normalized spacial score (nSPS) is 15.4. The van der Waals surface area contributed by atoms with Crippen molar-refractivity contribution in [3.8, 4) is 22.8 Å². The van der Waals surface area contributed by atoms with Crippen LogP contribution in [0.4, 0.5) is 19.0 Å². The van der Waals surface area contributed by atoms with E-state index >= 15 is 0 Å². The summed E-state index contributed by atoms with van der Waals surface area (Å²) in [7, 11) is 0. The Balaban J connectivity index is 1.26. The molecule has 7 nitrogen and oxygen atoms in total. The van der Waals surface area contributed by atoms with E-state index in [4.69, 9.17) is 9.47 Å². The summed E-state index contributed by atoms with van der Waals surface area (Å²) in [6.07, 6.45) is -3.49. The zero-order chi connectivity index (χ0) is 24.6. The first-order valence-corrected chi connectivity index (χ1v) is 10.9. The van der Waals surface area contributed by atoms with Gasteiger partial charge in [0, 0.05) is 12.1 Å². The number of ether oxygens (including phenoxy) is 2. The van der Waals surface area contributed by atoms with E-state index in [1.54, 1.807) is 42.5 Å². The van der Waals surface area contributed by atoms with E-state index in [1.807, 2.05) is 23.5 Å². The minimum atomic E-state index is -4.92. The molecule has 5 rings (SSSR count). The molecule has 35 heavy (non-hydrogen) atoms. The Morgan fingerprint density at radius 2 is 1.71 bits per heavy atom. The molecule has 0 saturated heterocycles. The SMILES string of the molecule is O=C(NCc1ccc(-c2cccc(NC(=O)C3(c4ccc5c(c4)OCO5)CC3)n2)cc1)C(F)(F)F. The number of carbonyl (C=O) groups excluding carboxylic acids is 2. The number of aromatic nitrogens is 1. The zero-order valence-electron chi connectivity index (χ0n) is 18.3. The lowest BCUT2D eigenvalue weighted by atomic mass is 9.94. The van der Waals surface area contributed by atoms with Crippen LogP contribution in [0.1, 0.15) is 24.0 Å². The van der Waals surface area contributed by atoms with Gasteiger partial charge in [-0.3, -0.25) is 9.59 Å². The molecule has 0 atom stereocenters. The molecule has 2 heterocycles. The molecule has 0 bridgehead atoms. The minimum Gasteiger partial charge on any atom is -0.454 e. The van der Waals surface area contributed by atoms with E-state index in [9.17, 15) is 22.8 Å². The number of fused-ring (bicyclic) bond motifs is 1. The number of amides is 2. The number of carbonyl (C=O) groups is 2. The Hall–Kier alpha value is -4.08. The predicted octanol–water partition coefficient (Wildman–Crippen LogP) is 4.33. The van der Waals surface area contributed by atoms with Crippen LogP contribution in [0.3, 0.4) is 0 Å². The first-order valence-electron chi connectivity index (χ1n) is 10.9. The van der Waals surface area contributed by atoms with Crippen molar-refractivity contribution in [3.63, 3.8) is 0 Å². The summed E-state index contributed by atoms with van der Waals surface area (Å²) in [5.41, 5.74) is 2.03. The highest BCUT2D eigenvalue weighted by Crippen LogP contribution is 2.51. The quantitative estimate of drug-likeness (QED) is 0.545. The molecular formula is C25H20F3N3O4. The molecule has 1 aliphatic heterocycles. The number of benzene rings is 2. The van der Waals surface area contributed by atoms with Crippen molar-refractivity contribution >= 4 is 17.6 Å². The van der Waals surface area contributed by atoms with Crippen LogP contribution in [-0.4, -0.2) is 29.8 Å². The maximum absolute atomic E-state index is 13.1. The lowest BCUT2D eigenvalue weighted by Gasteiger charge is -2.16. The third-order valence-corrected chi connectivity index (χ3v) is 6.06. The third-order valence-electron chi connectivity index (χ3n) is 6.06. The standard InChI is InChI=1S/C25H20F3N3O4/c26-25(27,28)23(33)29-13-15-4-6-16(7-5-15)18-2-1-3-21(30-18)31-22(32)24(10-11-24)17-8-9-19-20(12-17)35-14-34-19/h1-9,12H,10-11,13-14H2,(H,29,33)(H,30,31,32). The van der Waals surface area contributed by atoms with E-state index in [0.717, 1.165) is 5.56 Å². The van der Waals surface area contributed by atoms with Gasteiger partial charge in [-0.25, -0.2) is 4.98 Å². The van der Waals surface area contributed by atoms with Crippen molar-refractivity contribution in [3.05, 3.63) is 71.8 Å². The molecule has 180 valence electrons. The molecule has 2 aliphatic rings. The predicted molar refractivity (Wildman–Crippen MR) is 120 cm³/mol. The van der Waals surface area contributed by atoms with Gasteiger partial charge in [0.2, 0.25) is 12.7 Å². The van der Waals surface area contributed by atoms with Gasteiger partial charge in [-0.15, -0.1) is 0 Å². The second kappa shape index (κ2) is 8.61. The second-order valence-corrected chi connectivity index (χ2v) is 8.39. The number of alkyl halides is 3. The van der Waals surface area contributed by atoms with Crippen molar-refractivity contribution in [2.45, 2.75) is 31.0 Å². The van der Waals surface area contributed by atoms with Gasteiger partial charge < -0.3 is 20.1 Å². The molecule has 0 unspecified atom stereocenters. The molecular weight excluding hydrogens is 463 g/mol. The molecule has 2 amide bonds. The van der Waals surface area contributed by atoms with Crippen LogP contribution in [0.15, 0.2) is 60.7 Å². The molecule has 10 heteroatoms. The molecule has 1 fully saturated rings. The summed E-state index contributed by atoms with van der Waals surface area (Å²) in [4.78, 5) is 28.6. The number of nitrogens with one attached hydrogen (secondary N) is 2. The maximum Gasteiger partial charge on any atom is 0.471 e. The van der Waals surface area contributed by atoms with E-state index in [0.29, 0.717) is 47.0 Å². The number of halogens is 3. The summed E-state index contributed by atoms with van der Waals surface area (Å²) in [5, 5.41) is 4.74. The number of pyridine rings is 1. The summed E-state index contributed by atoms with van der Waals surface area (Å²) in [6, 6.07) is 17.3. The number of nitrogens with zero attached hydrogens (tertiary/aromatic N) is 1. The average Bonchev–Trinajstić information content (AvgIpc) is 3.53. The van der Waals surface area contributed by atoms with E-state index in [-0.39, 0.29) is 19.2 Å². The Morgan fingerprint density at radius 3 is 2.43 bits per heavy atom. The second-order valence-electron chi connectivity index (χ2n) is 8.39. The molecule has 1 saturated carbocycles. The van der Waals surface area contributed by atoms with Gasteiger partial charge >= 0.3 is 12.1 Å². The molecule has 0 radical (unpaired) electrons. The van der Waals surface area contributed by atoms with Gasteiger partial charge in [0.05, 0.1) is 11.1 Å². The number of hydrogen-bond acceptors (Lipinski definition) is 5. The zero-order valence-corrected chi connectivity index (χ0v) is 18.3. The Morgan fingerprint density at radius 1 is 0.971 bits per heavy atom. The van der Waals surface area contributed by atoms with Crippen molar-refractivity contribution in [2.24, 2.45) is 0 Å². The molecule has 1 aliphatic carbocycles. The highest BCUT2D eigenvalue weighted by molar-refractivity contribution is 6.01. The van der Waals surface area contributed by atoms with Crippen molar-refractivity contribution < 1.29 is 32.2 Å². The smallest absolute Gasteiger partial charge is 0.454 e. The van der Waals surface area contributed by atoms with Crippen LogP contribution in [0, 0.1) is 0 Å². The van der Waals surface area contributed by atoms with Crippen LogP contribution >= 0.6 is 0 Å². The fourth-order valence-electron chi connectivity index (χ4n) is 3.94. The Kier molecular flexibility index (Phi) is 5.58. The van der Waals surface area contributed by atoms with Crippen molar-refractivity contribution in [2.75, 3.05) is 12.1 Å². The lowest BCUT2D eigenvalue weighted by molar-refractivity contribution is -0.173. The fraction of sp³-hybridized carbons (Fsp3) is 0.240. The maximum atomic E-state index is 13.1. The molecule has 2 aromatic carbocycles. The van der Waals surface area contributed by atoms with Crippen LogP contribution < -0.4 is 20.1 Å². The van der Waals surface area contributed by atoms with Gasteiger partial charge in [0.15, 0.2) is 11.5 Å². The van der Waals surface area contributed by atoms with Crippen LogP contribution in [0.25, 0.3) is 11.3 Å². The summed E-state index contributed by atoms with van der Waals surface area (Å²) in [6.45, 7) is -0.0814. The molecule has 3 aromatic rings. The summed E-state index contributed by atoms with van der Waals surface area (Å²) < 4.78 is 47.8. The van der Waals surface area contributed by atoms with Gasteiger partial charge in [-0.05, 0) is 48.2 Å². The first kappa shape index (κ1) is 22.7. The minimum absolute atomic E-state index is 0.156. The van der Waals surface area contributed by atoms with E-state index in [2.05, 4.69) is 10.3 Å². The fourth-order valence-corrected chi connectivity index (χ4v) is 3.94. The first-order chi connectivity index (χ1) is 16.7. The number of rotatable bonds is 6. The van der Waals surface area contributed by atoms with Gasteiger partial charge in [-0.1, -0.05) is 36.4 Å². The van der Waals surface area contributed by atoms with Crippen molar-refractivity contribution in [1.82, 2.24) is 10.3 Å². The highest BCUT2D eigenvalue weighted by atomic mass is 19.4. The molecule has 1 aromatic heterocycles. The van der Waals surface area contributed by atoms with Gasteiger partial charge in [-0.2, -0.15) is 13.2 Å². The molecule has 0 spiro atoms. The topological polar surface area (TPSA) is 89.6 Å². The summed E-state index contributed by atoms with van der Waals surface area (Å²) in [5.74, 6) is -0.463. The van der Waals surface area contributed by atoms with Crippen molar-refractivity contribution in [1.29, 1.82) is 0 Å². The molecule has 2 N–H and O–H groups in total. The third kappa shape index (κ3) is 4.64. The number of anilines is 1. The average molecular weight is 483 g/mol. The Labute approximate surface area is 198 Å². The lowest BCUT2D eigenvalue weighted by Crippen LogP contribution is -2.36. The van der Waals surface area contributed by atoms with Gasteiger partial charge in [0.1, 0.15) is 5.82 Å². The monoisotopic (exact) mass is 483 g/mol. The van der Waals surface area contributed by atoms with Crippen LogP contribution in [-0.2, 0) is 21.5 Å². The summed E-state index contributed by atoms with van der Waals surface area (Å²) >= 11 is 0. The van der Waals surface area contributed by atoms with Crippen LogP contribution in [0.2, 0.25) is 0 Å². The van der Waals surface area contributed by atoms with Gasteiger partial charge in [0.25, 0.3) is 0 Å². The van der Waals surface area contributed by atoms with E-state index < -0.39 is 17.5 Å². The largest absolute Gasteiger partial charge is 0.471 e. The highest BCUT2D eigenvalue weighted by Gasteiger charge is 2.51. The number of hydrogen-bond donors (Lipinski definition) is 2.